The van der Waals surface area contributed by atoms with Crippen molar-refractivity contribution in [2.45, 2.75) is 38.8 Å². The van der Waals surface area contributed by atoms with Crippen LogP contribution in [0.5, 0.6) is 17.4 Å². The fourth-order valence-electron chi connectivity index (χ4n) is 5.23. The van der Waals surface area contributed by atoms with Gasteiger partial charge in [0.05, 0.1) is 12.6 Å². The summed E-state index contributed by atoms with van der Waals surface area (Å²) in [4.78, 5) is 59.4. The zero-order valence-electron chi connectivity index (χ0n) is 25.9. The highest BCUT2D eigenvalue weighted by Crippen LogP contribution is 2.37. The van der Waals surface area contributed by atoms with Crippen molar-refractivity contribution in [1.29, 1.82) is 0 Å². The van der Waals surface area contributed by atoms with Gasteiger partial charge in [-0.05, 0) is 50.6 Å². The Labute approximate surface area is 271 Å². The van der Waals surface area contributed by atoms with Crippen LogP contribution < -0.4 is 20.5 Å². The van der Waals surface area contributed by atoms with E-state index in [9.17, 15) is 24.3 Å². The molecule has 244 valence electrons. The van der Waals surface area contributed by atoms with Crippen LogP contribution in [0.1, 0.15) is 42.9 Å². The number of hydrogen-bond acceptors (Lipinski definition) is 11. The lowest BCUT2D eigenvalue weighted by molar-refractivity contribution is -0.119. The number of thiazole rings is 1. The van der Waals surface area contributed by atoms with Gasteiger partial charge in [0.2, 0.25) is 11.8 Å². The van der Waals surface area contributed by atoms with Gasteiger partial charge in [-0.15, -0.1) is 11.3 Å². The van der Waals surface area contributed by atoms with E-state index < -0.39 is 41.2 Å². The van der Waals surface area contributed by atoms with E-state index in [1.807, 2.05) is 0 Å². The summed E-state index contributed by atoms with van der Waals surface area (Å²) in [5.74, 6) is -0.935. The molecule has 0 spiro atoms. The number of aromatic hydroxyl groups is 1. The number of carbonyl (C=O) groups is 3. The van der Waals surface area contributed by atoms with Gasteiger partial charge in [0.1, 0.15) is 30.6 Å². The van der Waals surface area contributed by atoms with E-state index in [0.717, 1.165) is 15.9 Å². The summed E-state index contributed by atoms with van der Waals surface area (Å²) in [5.41, 5.74) is -0.00852. The lowest BCUT2D eigenvalue weighted by Gasteiger charge is -2.20. The number of esters is 1. The molecule has 0 saturated heterocycles. The molecule has 1 atom stereocenters. The topological polar surface area (TPSA) is 176 Å². The number of hydrogen-bond donors (Lipinski definition) is 3. The highest BCUT2D eigenvalue weighted by Gasteiger charge is 2.31. The number of imidazole rings is 1. The highest BCUT2D eigenvalue weighted by molar-refractivity contribution is 7.14. The third-order valence-corrected chi connectivity index (χ3v) is 8.03. The Kier molecular flexibility index (Phi) is 8.23. The number of methoxy groups -OCH3 is 1. The normalized spacial score (nSPS) is 13.3. The summed E-state index contributed by atoms with van der Waals surface area (Å²) >= 11 is 0.987. The summed E-state index contributed by atoms with van der Waals surface area (Å²) < 4.78 is 23.8. The number of amides is 1. The van der Waals surface area contributed by atoms with E-state index in [-0.39, 0.29) is 22.9 Å². The van der Waals surface area contributed by atoms with Gasteiger partial charge < -0.3 is 34.4 Å². The number of rotatable bonds is 7. The third kappa shape index (κ3) is 6.29. The Morgan fingerprint density at radius 3 is 2.62 bits per heavy atom. The summed E-state index contributed by atoms with van der Waals surface area (Å²) in [6.07, 6.45) is 0.791. The number of fused-ring (bicyclic) bond motifs is 2. The first kappa shape index (κ1) is 31.4. The molecule has 1 aliphatic heterocycles. The molecule has 47 heavy (non-hydrogen) atoms. The second-order valence-corrected chi connectivity index (χ2v) is 12.5. The van der Waals surface area contributed by atoms with Crippen LogP contribution in [-0.2, 0) is 20.7 Å². The minimum Gasteiger partial charge on any atom is -0.493 e. The molecule has 0 bridgehead atoms. The van der Waals surface area contributed by atoms with Crippen molar-refractivity contribution in [1.82, 2.24) is 19.1 Å². The summed E-state index contributed by atoms with van der Waals surface area (Å²) in [5, 5.41) is 16.3. The van der Waals surface area contributed by atoms with E-state index in [2.05, 4.69) is 15.3 Å². The highest BCUT2D eigenvalue weighted by atomic mass is 32.1. The number of aromatic nitrogens is 4. The Morgan fingerprint density at radius 1 is 1.13 bits per heavy atom. The number of benzene rings is 2. The smallest absolute Gasteiger partial charge is 0.419 e. The Bertz CT molecular complexity index is 2070. The quantitative estimate of drug-likeness (QED) is 0.207. The van der Waals surface area contributed by atoms with Gasteiger partial charge >= 0.3 is 17.8 Å². The predicted octanol–water partition coefficient (Wildman–Crippen LogP) is 4.72. The lowest BCUT2D eigenvalue weighted by Crippen LogP contribution is -2.33. The van der Waals surface area contributed by atoms with Crippen LogP contribution in [0.25, 0.3) is 22.2 Å². The van der Waals surface area contributed by atoms with E-state index in [1.165, 1.54) is 17.1 Å². The Balaban J connectivity index is 1.43. The second-order valence-electron chi connectivity index (χ2n) is 11.6. The molecule has 5 aromatic rings. The molecule has 3 N–H and O–H groups in total. The molecule has 1 amide bonds. The SMILES string of the molecule is COC(=O)c1csc(NC(=O)[C@H](Cc2cn(C(=O)OC(C)(C)C)c3ccccc23)n2c(O)c(-c3ccc4c(c3)OCCO4)[nH]c2=O)n1. The maximum absolute atomic E-state index is 14.0. The number of anilines is 1. The maximum Gasteiger partial charge on any atom is 0.419 e. The van der Waals surface area contributed by atoms with Gasteiger partial charge in [0, 0.05) is 28.9 Å². The minimum absolute atomic E-state index is 0.00710. The maximum atomic E-state index is 14.0. The zero-order valence-corrected chi connectivity index (χ0v) is 26.7. The van der Waals surface area contributed by atoms with Gasteiger partial charge in [-0.25, -0.2) is 23.9 Å². The van der Waals surface area contributed by atoms with E-state index in [4.69, 9.17) is 18.9 Å². The molecular formula is C32H31N5O9S. The number of carbonyl (C=O) groups excluding carboxylic acids is 3. The summed E-state index contributed by atoms with van der Waals surface area (Å²) in [7, 11) is 1.21. The largest absolute Gasteiger partial charge is 0.493 e. The molecule has 0 radical (unpaired) electrons. The van der Waals surface area contributed by atoms with E-state index >= 15 is 0 Å². The van der Waals surface area contributed by atoms with Crippen molar-refractivity contribution >= 4 is 45.3 Å². The summed E-state index contributed by atoms with van der Waals surface area (Å²) in [6.45, 7) is 5.99. The lowest BCUT2D eigenvalue weighted by atomic mass is 10.0. The van der Waals surface area contributed by atoms with Crippen molar-refractivity contribution in [3.8, 4) is 28.6 Å². The average Bonchev–Trinajstić information content (AvgIpc) is 3.74. The van der Waals surface area contributed by atoms with Crippen LogP contribution in [0.4, 0.5) is 9.93 Å². The van der Waals surface area contributed by atoms with Crippen LogP contribution >= 0.6 is 11.3 Å². The molecule has 14 nitrogen and oxygen atoms in total. The molecule has 4 heterocycles. The number of nitrogens with one attached hydrogen (secondary N) is 2. The molecule has 0 saturated carbocycles. The first-order valence-corrected chi connectivity index (χ1v) is 15.4. The number of nitrogens with zero attached hydrogens (tertiary/aromatic N) is 3. The standard InChI is InChI=1S/C32H31N5O9S/c1-32(2,3)46-31(42)36-15-18(19-7-5-6-8-21(19)36)13-22(26(38)35-29-33-20(16-47-29)28(40)43-4)37-27(39)25(34-30(37)41)17-9-10-23-24(14-17)45-12-11-44-23/h5-10,14-16,22,39H,11-13H2,1-4H3,(H,34,41)(H,33,35,38)/t22-/m0/s1. The van der Waals surface area contributed by atoms with Crippen LogP contribution in [0.2, 0.25) is 0 Å². The van der Waals surface area contributed by atoms with Crippen molar-refractivity contribution in [2.24, 2.45) is 0 Å². The van der Waals surface area contributed by atoms with Gasteiger partial charge in [0.15, 0.2) is 22.3 Å². The van der Waals surface area contributed by atoms with Crippen LogP contribution in [0, 0.1) is 0 Å². The van der Waals surface area contributed by atoms with Gasteiger partial charge in [-0.2, -0.15) is 0 Å². The molecule has 0 unspecified atom stereocenters. The fraction of sp³-hybridized carbons (Fsp3) is 0.281. The first-order chi connectivity index (χ1) is 22.4. The van der Waals surface area contributed by atoms with Crippen molar-refractivity contribution in [2.75, 3.05) is 25.6 Å². The van der Waals surface area contributed by atoms with Gasteiger partial charge in [-0.1, -0.05) is 18.2 Å². The molecular weight excluding hydrogens is 630 g/mol. The molecule has 0 aliphatic carbocycles. The van der Waals surface area contributed by atoms with E-state index in [1.54, 1.807) is 69.4 Å². The molecule has 2 aromatic carbocycles. The zero-order chi connectivity index (χ0) is 33.5. The second kappa shape index (κ2) is 12.3. The first-order valence-electron chi connectivity index (χ1n) is 14.5. The summed E-state index contributed by atoms with van der Waals surface area (Å²) in [6, 6.07) is 10.6. The van der Waals surface area contributed by atoms with Crippen molar-refractivity contribution < 1.29 is 38.4 Å². The van der Waals surface area contributed by atoms with Crippen LogP contribution in [0.15, 0.2) is 58.8 Å². The Morgan fingerprint density at radius 2 is 1.87 bits per heavy atom. The number of ether oxygens (including phenoxy) is 4. The predicted molar refractivity (Wildman–Crippen MR) is 172 cm³/mol. The van der Waals surface area contributed by atoms with Crippen molar-refractivity contribution in [3.63, 3.8) is 0 Å². The molecule has 6 rings (SSSR count). The van der Waals surface area contributed by atoms with E-state index in [0.29, 0.717) is 46.7 Å². The molecule has 3 aromatic heterocycles. The molecule has 0 fully saturated rings. The average molecular weight is 662 g/mol. The number of aromatic amines is 1. The van der Waals surface area contributed by atoms with Gasteiger partial charge in [0.25, 0.3) is 0 Å². The monoisotopic (exact) mass is 661 g/mol. The molecule has 15 heteroatoms. The van der Waals surface area contributed by atoms with Crippen LogP contribution in [0.3, 0.4) is 0 Å². The fourth-order valence-corrected chi connectivity index (χ4v) is 5.91. The Hall–Kier alpha value is -5.57. The minimum atomic E-state index is -1.35. The number of H-pyrrole nitrogens is 1. The third-order valence-electron chi connectivity index (χ3n) is 7.27. The van der Waals surface area contributed by atoms with Crippen molar-refractivity contribution in [3.05, 3.63) is 75.8 Å². The van der Waals surface area contributed by atoms with Crippen LogP contribution in [-0.4, -0.2) is 68.1 Å². The van der Waals surface area contributed by atoms with Gasteiger partial charge in [-0.3, -0.25) is 9.36 Å². The number of para-hydroxylation sites is 1. The molecule has 1 aliphatic rings.